The molecule has 2 unspecified atom stereocenters. The zero-order chi connectivity index (χ0) is 18.4. The maximum atomic E-state index is 13.4. The Balaban J connectivity index is 1.43. The van der Waals surface area contributed by atoms with E-state index < -0.39 is 5.54 Å². The number of halogens is 1. The monoisotopic (exact) mass is 363 g/mol. The van der Waals surface area contributed by atoms with Crippen LogP contribution in [0, 0.1) is 5.82 Å². The van der Waals surface area contributed by atoms with Crippen molar-refractivity contribution in [2.45, 2.75) is 49.9 Å². The van der Waals surface area contributed by atoms with Crippen LogP contribution in [0.15, 0.2) is 59.6 Å². The summed E-state index contributed by atoms with van der Waals surface area (Å²) in [5.74, 6) is -0.323. The predicted molar refractivity (Wildman–Crippen MR) is 103 cm³/mol. The molecule has 138 valence electrons. The van der Waals surface area contributed by atoms with Gasteiger partial charge in [-0.25, -0.2) is 9.38 Å². The van der Waals surface area contributed by atoms with Crippen LogP contribution in [-0.4, -0.2) is 34.8 Å². The lowest BCUT2D eigenvalue weighted by molar-refractivity contribution is -0.124. The topological polar surface area (TPSA) is 35.9 Å². The quantitative estimate of drug-likeness (QED) is 0.833. The number of aliphatic imine (C=N–C) groups is 1. The van der Waals surface area contributed by atoms with Gasteiger partial charge >= 0.3 is 0 Å². The number of anilines is 1. The van der Waals surface area contributed by atoms with Crippen LogP contribution in [0.4, 0.5) is 10.1 Å². The van der Waals surface area contributed by atoms with Crippen molar-refractivity contribution in [2.75, 3.05) is 4.90 Å². The predicted octanol–water partition coefficient (Wildman–Crippen LogP) is 3.77. The molecule has 0 aliphatic carbocycles. The van der Waals surface area contributed by atoms with Gasteiger partial charge in [0.15, 0.2) is 0 Å². The van der Waals surface area contributed by atoms with Gasteiger partial charge < -0.3 is 4.90 Å². The van der Waals surface area contributed by atoms with Crippen LogP contribution in [0.2, 0.25) is 0 Å². The molecule has 3 heterocycles. The molecule has 2 fully saturated rings. The minimum absolute atomic E-state index is 0.0527. The van der Waals surface area contributed by atoms with Gasteiger partial charge in [-0.15, -0.1) is 0 Å². The highest BCUT2D eigenvalue weighted by atomic mass is 19.1. The molecule has 3 aliphatic rings. The third-order valence-corrected chi connectivity index (χ3v) is 6.38. The van der Waals surface area contributed by atoms with E-state index in [2.05, 4.69) is 34.2 Å². The fourth-order valence-electron chi connectivity index (χ4n) is 5.10. The third kappa shape index (κ3) is 2.69. The summed E-state index contributed by atoms with van der Waals surface area (Å²) in [6, 6.07) is 17.6. The van der Waals surface area contributed by atoms with Crippen molar-refractivity contribution in [3.8, 4) is 0 Å². The molecule has 0 aromatic heterocycles. The van der Waals surface area contributed by atoms with Gasteiger partial charge in [0.05, 0.1) is 6.34 Å². The first kappa shape index (κ1) is 16.6. The number of amides is 1. The lowest BCUT2D eigenvalue weighted by atomic mass is 9.80. The highest BCUT2D eigenvalue weighted by Crippen LogP contribution is 2.47. The average molecular weight is 363 g/mol. The molecule has 4 nitrogen and oxygen atoms in total. The lowest BCUT2D eigenvalue weighted by Crippen LogP contribution is -2.60. The van der Waals surface area contributed by atoms with Gasteiger partial charge in [0.2, 0.25) is 0 Å². The molecule has 2 aromatic rings. The molecule has 2 atom stereocenters. The maximum absolute atomic E-state index is 13.4. The Kier molecular flexibility index (Phi) is 3.86. The highest BCUT2D eigenvalue weighted by Gasteiger charge is 2.56. The second-order valence-corrected chi connectivity index (χ2v) is 7.88. The smallest absolute Gasteiger partial charge is 0.273 e. The first-order valence-corrected chi connectivity index (χ1v) is 9.59. The summed E-state index contributed by atoms with van der Waals surface area (Å²) in [7, 11) is 0. The zero-order valence-electron chi connectivity index (χ0n) is 15.1. The number of carbonyl (C=O) groups excluding carboxylic acids is 1. The van der Waals surface area contributed by atoms with Crippen LogP contribution in [0.1, 0.15) is 31.2 Å². The fourth-order valence-corrected chi connectivity index (χ4v) is 5.10. The minimum Gasteiger partial charge on any atom is -0.317 e. The van der Waals surface area contributed by atoms with Crippen molar-refractivity contribution in [3.05, 3.63) is 66.0 Å². The maximum Gasteiger partial charge on any atom is 0.273 e. The van der Waals surface area contributed by atoms with Gasteiger partial charge in [-0.2, -0.15) is 0 Å². The Bertz CT molecular complexity index is 866. The van der Waals surface area contributed by atoms with E-state index in [1.54, 1.807) is 18.5 Å². The molecule has 0 radical (unpaired) electrons. The van der Waals surface area contributed by atoms with Crippen LogP contribution in [0.3, 0.4) is 0 Å². The summed E-state index contributed by atoms with van der Waals surface area (Å²) in [5, 5.41) is 0. The summed E-state index contributed by atoms with van der Waals surface area (Å²) in [4.78, 5) is 21.6. The van der Waals surface area contributed by atoms with E-state index in [1.165, 1.54) is 17.7 Å². The first-order valence-electron chi connectivity index (χ1n) is 9.59. The Morgan fingerprint density at radius 2 is 1.67 bits per heavy atom. The Hall–Kier alpha value is -2.53. The van der Waals surface area contributed by atoms with E-state index in [4.69, 9.17) is 0 Å². The standard InChI is InChI=1S/C22H22FN3O/c23-17-6-8-18(9-7-17)26-15-24-21(27)22(26)12-19-10-11-20(13-22)25(19)14-16-4-2-1-3-5-16/h1-9,15,19-20H,10-14H2. The molecular formula is C22H22FN3O. The van der Waals surface area contributed by atoms with Crippen LogP contribution in [-0.2, 0) is 11.3 Å². The number of hydrogen-bond acceptors (Lipinski definition) is 3. The molecule has 0 N–H and O–H groups in total. The molecular weight excluding hydrogens is 341 g/mol. The van der Waals surface area contributed by atoms with E-state index in [0.29, 0.717) is 12.1 Å². The highest BCUT2D eigenvalue weighted by molar-refractivity contribution is 6.08. The second-order valence-electron chi connectivity index (χ2n) is 7.88. The van der Waals surface area contributed by atoms with Gasteiger partial charge in [0.25, 0.3) is 5.91 Å². The lowest BCUT2D eigenvalue weighted by Gasteiger charge is -2.47. The molecule has 2 saturated heterocycles. The summed E-state index contributed by atoms with van der Waals surface area (Å²) in [5.41, 5.74) is 1.54. The first-order chi connectivity index (χ1) is 13.2. The summed E-state index contributed by atoms with van der Waals surface area (Å²) < 4.78 is 13.4. The molecule has 5 rings (SSSR count). The van der Waals surface area contributed by atoms with Gasteiger partial charge in [-0.1, -0.05) is 30.3 Å². The van der Waals surface area contributed by atoms with Crippen molar-refractivity contribution in [1.82, 2.24) is 4.90 Å². The number of benzene rings is 2. The minimum atomic E-state index is -0.614. The number of hydrogen-bond donors (Lipinski definition) is 0. The van der Waals surface area contributed by atoms with Gasteiger partial charge in [-0.3, -0.25) is 9.69 Å². The number of piperidine rings is 1. The summed E-state index contributed by atoms with van der Waals surface area (Å²) in [6.07, 6.45) is 5.41. The van der Waals surface area contributed by atoms with Crippen molar-refractivity contribution in [1.29, 1.82) is 0 Å². The van der Waals surface area contributed by atoms with Crippen LogP contribution >= 0.6 is 0 Å². The Morgan fingerprint density at radius 3 is 2.33 bits per heavy atom. The summed E-state index contributed by atoms with van der Waals surface area (Å²) >= 11 is 0. The molecule has 2 aromatic carbocycles. The number of nitrogens with zero attached hydrogens (tertiary/aromatic N) is 3. The largest absolute Gasteiger partial charge is 0.317 e. The summed E-state index contributed by atoms with van der Waals surface area (Å²) in [6.45, 7) is 0.928. The molecule has 0 saturated carbocycles. The molecule has 1 amide bonds. The SMILES string of the molecule is O=C1N=CN(c2ccc(F)cc2)C12CC1CCC(C2)N1Cc1ccccc1. The number of rotatable bonds is 3. The Morgan fingerprint density at radius 1 is 1.00 bits per heavy atom. The molecule has 5 heteroatoms. The third-order valence-electron chi connectivity index (χ3n) is 6.38. The Labute approximate surface area is 158 Å². The number of carbonyl (C=O) groups is 1. The van der Waals surface area contributed by atoms with Crippen molar-refractivity contribution >= 4 is 17.9 Å². The van der Waals surface area contributed by atoms with Crippen LogP contribution < -0.4 is 4.90 Å². The fraction of sp³-hybridized carbons (Fsp3) is 0.364. The second kappa shape index (κ2) is 6.27. The molecule has 27 heavy (non-hydrogen) atoms. The van der Waals surface area contributed by atoms with Crippen molar-refractivity contribution < 1.29 is 9.18 Å². The van der Waals surface area contributed by atoms with Crippen molar-refractivity contribution in [2.24, 2.45) is 4.99 Å². The number of fused-ring (bicyclic) bond motifs is 2. The van der Waals surface area contributed by atoms with Gasteiger partial charge in [0.1, 0.15) is 11.4 Å². The van der Waals surface area contributed by atoms with Crippen LogP contribution in [0.5, 0.6) is 0 Å². The van der Waals surface area contributed by atoms with Crippen LogP contribution in [0.25, 0.3) is 0 Å². The van der Waals surface area contributed by atoms with E-state index in [0.717, 1.165) is 37.9 Å². The molecule has 1 spiro atoms. The van der Waals surface area contributed by atoms with Gasteiger partial charge in [-0.05, 0) is 55.5 Å². The normalized spacial score (nSPS) is 29.8. The average Bonchev–Trinajstić information content (AvgIpc) is 3.10. The van der Waals surface area contributed by atoms with E-state index in [-0.39, 0.29) is 11.7 Å². The zero-order valence-corrected chi connectivity index (χ0v) is 15.1. The van der Waals surface area contributed by atoms with E-state index in [9.17, 15) is 9.18 Å². The van der Waals surface area contributed by atoms with Gasteiger partial charge in [0, 0.05) is 24.3 Å². The van der Waals surface area contributed by atoms with Crippen molar-refractivity contribution in [3.63, 3.8) is 0 Å². The molecule has 3 aliphatic heterocycles. The van der Waals surface area contributed by atoms with E-state index >= 15 is 0 Å². The molecule has 2 bridgehead atoms. The van der Waals surface area contributed by atoms with E-state index in [1.807, 2.05) is 11.0 Å².